The van der Waals surface area contributed by atoms with Crippen molar-refractivity contribution in [3.05, 3.63) is 46.5 Å². The second-order valence-electron chi connectivity index (χ2n) is 5.76. The van der Waals surface area contributed by atoms with Gasteiger partial charge in [0.2, 0.25) is 5.91 Å². The molecule has 1 atom stereocenters. The monoisotopic (exact) mass is 368 g/mol. The largest absolute Gasteiger partial charge is 0.309 e. The molecule has 0 saturated heterocycles. The number of halogens is 1. The molecule has 0 aliphatic heterocycles. The van der Waals surface area contributed by atoms with Crippen molar-refractivity contribution in [3.63, 3.8) is 0 Å². The molecule has 1 aromatic rings. The van der Waals surface area contributed by atoms with E-state index >= 15 is 0 Å². The Bertz CT molecular complexity index is 640. The maximum atomic E-state index is 13.5. The molecule has 0 aliphatic carbocycles. The van der Waals surface area contributed by atoms with Gasteiger partial charge in [-0.1, -0.05) is 31.7 Å². The van der Waals surface area contributed by atoms with E-state index in [0.717, 1.165) is 21.9 Å². The summed E-state index contributed by atoms with van der Waals surface area (Å²) in [5.74, 6) is -0.0263. The van der Waals surface area contributed by atoms with E-state index in [0.29, 0.717) is 11.3 Å². The summed E-state index contributed by atoms with van der Waals surface area (Å²) in [5.41, 5.74) is 1.73. The minimum Gasteiger partial charge on any atom is -0.309 e. The Morgan fingerprint density at radius 3 is 2.62 bits per heavy atom. The number of carbonyl (C=O) groups is 1. The fourth-order valence-corrected chi connectivity index (χ4v) is 3.34. The van der Waals surface area contributed by atoms with Gasteiger partial charge in [-0.2, -0.15) is 12.6 Å². The number of hydrogen-bond donors (Lipinski definition) is 1. The fraction of sp³-hybridized carbons (Fsp3) is 0.444. The molecular weight excluding hydrogens is 343 g/mol. The number of aromatic nitrogens is 1. The minimum absolute atomic E-state index is 0.0157. The van der Waals surface area contributed by atoms with Gasteiger partial charge in [0.25, 0.3) is 0 Å². The highest BCUT2D eigenvalue weighted by molar-refractivity contribution is 8.11. The summed E-state index contributed by atoms with van der Waals surface area (Å²) in [5, 5.41) is 0.845. The van der Waals surface area contributed by atoms with Crippen molar-refractivity contribution >= 4 is 35.2 Å². The second-order valence-corrected chi connectivity index (χ2v) is 7.15. The minimum atomic E-state index is -0.373. The van der Waals surface area contributed by atoms with Gasteiger partial charge in [-0.3, -0.25) is 9.78 Å². The third kappa shape index (κ3) is 5.67. The summed E-state index contributed by atoms with van der Waals surface area (Å²) in [7, 11) is 1.77. The molecule has 1 aromatic heterocycles. The summed E-state index contributed by atoms with van der Waals surface area (Å²) in [6.07, 6.45) is 5.64. The van der Waals surface area contributed by atoms with Crippen LogP contribution < -0.4 is 0 Å². The molecule has 0 bridgehead atoms. The van der Waals surface area contributed by atoms with Gasteiger partial charge in [0.15, 0.2) is 0 Å². The van der Waals surface area contributed by atoms with Crippen molar-refractivity contribution in [1.29, 1.82) is 0 Å². The maximum Gasteiger partial charge on any atom is 0.230 e. The van der Waals surface area contributed by atoms with Gasteiger partial charge in [-0.25, -0.2) is 4.39 Å². The molecule has 24 heavy (non-hydrogen) atoms. The molecule has 132 valence electrons. The molecule has 0 radical (unpaired) electrons. The summed E-state index contributed by atoms with van der Waals surface area (Å²) in [4.78, 5) is 19.0. The van der Waals surface area contributed by atoms with Gasteiger partial charge in [0.05, 0.1) is 11.2 Å². The molecule has 1 rings (SSSR count). The van der Waals surface area contributed by atoms with E-state index < -0.39 is 0 Å². The highest BCUT2D eigenvalue weighted by atomic mass is 32.2. The van der Waals surface area contributed by atoms with Crippen molar-refractivity contribution in [1.82, 2.24) is 9.88 Å². The number of rotatable bonds is 7. The molecule has 0 N–H and O–H groups in total. The lowest BCUT2D eigenvalue weighted by atomic mass is 10.2. The van der Waals surface area contributed by atoms with E-state index in [1.807, 2.05) is 33.8 Å². The van der Waals surface area contributed by atoms with Crippen LogP contribution in [0.15, 0.2) is 35.1 Å². The van der Waals surface area contributed by atoms with E-state index in [-0.39, 0.29) is 17.6 Å². The van der Waals surface area contributed by atoms with Crippen LogP contribution in [0, 0.1) is 11.7 Å². The van der Waals surface area contributed by atoms with Crippen LogP contribution in [0.3, 0.4) is 0 Å². The maximum absolute atomic E-state index is 13.5. The zero-order valence-corrected chi connectivity index (χ0v) is 16.5. The molecular formula is C18H25FN2OS2. The van der Waals surface area contributed by atoms with E-state index in [2.05, 4.69) is 17.6 Å². The van der Waals surface area contributed by atoms with E-state index in [9.17, 15) is 9.18 Å². The Balaban J connectivity index is 3.16. The normalized spacial score (nSPS) is 12.7. The van der Waals surface area contributed by atoms with Crippen LogP contribution >= 0.6 is 24.4 Å². The van der Waals surface area contributed by atoms with Crippen LogP contribution in [0.2, 0.25) is 0 Å². The number of thiol groups is 1. The molecule has 0 saturated carbocycles. The average Bonchev–Trinajstić information content (AvgIpc) is 2.56. The summed E-state index contributed by atoms with van der Waals surface area (Å²) < 4.78 is 13.5. The highest BCUT2D eigenvalue weighted by Gasteiger charge is 2.21. The van der Waals surface area contributed by atoms with Crippen molar-refractivity contribution in [2.24, 2.45) is 5.92 Å². The molecule has 0 aromatic carbocycles. The van der Waals surface area contributed by atoms with Gasteiger partial charge >= 0.3 is 0 Å². The van der Waals surface area contributed by atoms with Gasteiger partial charge in [0.1, 0.15) is 5.82 Å². The topological polar surface area (TPSA) is 33.2 Å². The summed E-state index contributed by atoms with van der Waals surface area (Å²) in [6.45, 7) is 7.81. The van der Waals surface area contributed by atoms with Crippen molar-refractivity contribution in [2.45, 2.75) is 34.1 Å². The third-order valence-corrected chi connectivity index (χ3v) is 5.39. The number of allylic oxidation sites excluding steroid dienone is 2. The first kappa shape index (κ1) is 20.8. The first-order valence-corrected chi connectivity index (χ1v) is 9.31. The lowest BCUT2D eigenvalue weighted by Crippen LogP contribution is -2.31. The number of amides is 1. The second kappa shape index (κ2) is 9.89. The Kier molecular flexibility index (Phi) is 8.56. The Hall–Kier alpha value is -1.27. The molecule has 1 amide bonds. The first-order chi connectivity index (χ1) is 11.3. The van der Waals surface area contributed by atoms with Gasteiger partial charge < -0.3 is 4.90 Å². The van der Waals surface area contributed by atoms with Crippen LogP contribution in [0.4, 0.5) is 4.39 Å². The number of pyridine rings is 1. The van der Waals surface area contributed by atoms with E-state index in [4.69, 9.17) is 0 Å². The quantitative estimate of drug-likeness (QED) is 0.689. The number of carbonyl (C=O) groups excluding carboxylic acids is 1. The summed E-state index contributed by atoms with van der Waals surface area (Å²) >= 11 is 5.67. The molecule has 3 nitrogen and oxygen atoms in total. The Morgan fingerprint density at radius 2 is 2.12 bits per heavy atom. The van der Waals surface area contributed by atoms with Crippen molar-refractivity contribution in [2.75, 3.05) is 12.8 Å². The predicted octanol–water partition coefficient (Wildman–Crippen LogP) is 4.98. The van der Waals surface area contributed by atoms with Crippen molar-refractivity contribution < 1.29 is 9.18 Å². The van der Waals surface area contributed by atoms with Crippen LogP contribution in [0.1, 0.15) is 39.7 Å². The molecule has 6 heteroatoms. The van der Waals surface area contributed by atoms with Gasteiger partial charge in [-0.05, 0) is 31.9 Å². The Labute approximate surface area is 153 Å². The zero-order chi connectivity index (χ0) is 18.3. The number of nitrogens with zero attached hydrogens (tertiary/aromatic N) is 2. The SMILES string of the molecule is CC/C=C(\SC(=C(C)C)N(C)C(=O)C(C)CS)c1cncc(F)c1. The highest BCUT2D eigenvalue weighted by Crippen LogP contribution is 2.37. The van der Waals surface area contributed by atoms with E-state index in [1.165, 1.54) is 24.0 Å². The first-order valence-electron chi connectivity index (χ1n) is 7.86. The molecule has 0 aliphatic rings. The standard InChI is InChI=1S/C18H25FN2OS2/c1-6-7-16(14-8-15(19)10-20-9-14)24-18(12(2)3)21(5)17(22)13(4)11-23/h7-10,13,23H,6,11H2,1-5H3/b16-7-. The van der Waals surface area contributed by atoms with Gasteiger partial charge in [0, 0.05) is 35.4 Å². The van der Waals surface area contributed by atoms with Gasteiger partial charge in [-0.15, -0.1) is 0 Å². The number of thioether (sulfide) groups is 1. The Morgan fingerprint density at radius 1 is 1.46 bits per heavy atom. The third-order valence-electron chi connectivity index (χ3n) is 3.34. The van der Waals surface area contributed by atoms with E-state index in [1.54, 1.807) is 18.1 Å². The van der Waals surface area contributed by atoms with Crippen LogP contribution in [0.5, 0.6) is 0 Å². The van der Waals surface area contributed by atoms with Crippen LogP contribution in [-0.2, 0) is 4.79 Å². The van der Waals surface area contributed by atoms with Crippen LogP contribution in [-0.4, -0.2) is 28.6 Å². The predicted molar refractivity (Wildman–Crippen MR) is 104 cm³/mol. The average molecular weight is 369 g/mol. The molecule has 1 unspecified atom stereocenters. The lowest BCUT2D eigenvalue weighted by molar-refractivity contribution is -0.130. The number of hydrogen-bond acceptors (Lipinski definition) is 4. The molecule has 0 fully saturated rings. The molecule has 0 spiro atoms. The zero-order valence-electron chi connectivity index (χ0n) is 14.8. The lowest BCUT2D eigenvalue weighted by Gasteiger charge is -2.25. The fourth-order valence-electron chi connectivity index (χ4n) is 2.07. The molecule has 1 heterocycles. The van der Waals surface area contributed by atoms with Crippen molar-refractivity contribution in [3.8, 4) is 0 Å². The van der Waals surface area contributed by atoms with Crippen LogP contribution in [0.25, 0.3) is 4.91 Å². The summed E-state index contributed by atoms with van der Waals surface area (Å²) in [6, 6.07) is 1.46. The smallest absolute Gasteiger partial charge is 0.230 e.